The maximum absolute atomic E-state index is 13.4. The highest BCUT2D eigenvalue weighted by Crippen LogP contribution is 2.14. The van der Waals surface area contributed by atoms with Crippen LogP contribution in [0.1, 0.15) is 31.8 Å². The Morgan fingerprint density at radius 3 is 2.06 bits per heavy atom. The molecule has 1 atom stereocenters. The summed E-state index contributed by atoms with van der Waals surface area (Å²) in [5, 5.41) is 2.47. The molecule has 0 aromatic heterocycles. The Morgan fingerprint density at radius 2 is 1.45 bits per heavy atom. The number of hydrogen-bond acceptors (Lipinski definition) is 4. The van der Waals surface area contributed by atoms with Crippen LogP contribution < -0.4 is 5.32 Å². The molecule has 0 saturated heterocycles. The minimum atomic E-state index is -1.17. The van der Waals surface area contributed by atoms with Gasteiger partial charge in [0.1, 0.15) is 6.04 Å². The minimum Gasteiger partial charge on any atom is -0.467 e. The van der Waals surface area contributed by atoms with Crippen LogP contribution in [0, 0.1) is 11.6 Å². The lowest BCUT2D eigenvalue weighted by Gasteiger charge is -2.17. The molecule has 0 bridgehead atoms. The summed E-state index contributed by atoms with van der Waals surface area (Å²) in [6.45, 7) is 0. The molecule has 0 fully saturated rings. The summed E-state index contributed by atoms with van der Waals surface area (Å²) in [6.07, 6.45) is 0.0852. The third-order valence-corrected chi connectivity index (χ3v) is 4.66. The molecule has 0 aliphatic carbocycles. The molecule has 0 spiro atoms. The van der Waals surface area contributed by atoms with Gasteiger partial charge in [-0.05, 0) is 23.8 Å². The lowest BCUT2D eigenvalue weighted by Crippen LogP contribution is -2.43. The van der Waals surface area contributed by atoms with E-state index in [4.69, 9.17) is 4.74 Å². The van der Waals surface area contributed by atoms with E-state index < -0.39 is 29.6 Å². The molecule has 0 aliphatic heterocycles. The van der Waals surface area contributed by atoms with Gasteiger partial charge in [-0.1, -0.05) is 54.6 Å². The van der Waals surface area contributed by atoms with E-state index in [9.17, 15) is 23.2 Å². The summed E-state index contributed by atoms with van der Waals surface area (Å²) in [5.41, 5.74) is 1.58. The number of halogens is 2. The predicted molar refractivity (Wildman–Crippen MR) is 110 cm³/mol. The summed E-state index contributed by atoms with van der Waals surface area (Å²) in [4.78, 5) is 37.0. The van der Waals surface area contributed by atoms with Crippen molar-refractivity contribution in [3.63, 3.8) is 0 Å². The maximum atomic E-state index is 13.4. The predicted octanol–water partition coefficient (Wildman–Crippen LogP) is 3.71. The highest BCUT2D eigenvalue weighted by Gasteiger charge is 2.23. The molecule has 31 heavy (non-hydrogen) atoms. The second-order valence-electron chi connectivity index (χ2n) is 6.77. The SMILES string of the molecule is COC(=O)[C@H](Cc1ccc(C(=O)c2ccccc2)cc1)NC(=O)c1ccc(F)c(F)c1. The van der Waals surface area contributed by atoms with Gasteiger partial charge in [-0.3, -0.25) is 9.59 Å². The highest BCUT2D eigenvalue weighted by molar-refractivity contribution is 6.08. The number of rotatable bonds is 7. The molecule has 158 valence electrons. The van der Waals surface area contributed by atoms with E-state index in [0.29, 0.717) is 16.7 Å². The third-order valence-electron chi connectivity index (χ3n) is 4.66. The van der Waals surface area contributed by atoms with Crippen LogP contribution in [0.15, 0.2) is 72.8 Å². The minimum absolute atomic E-state index is 0.0852. The zero-order valence-electron chi connectivity index (χ0n) is 16.6. The molecular formula is C24H19F2NO4. The normalized spacial score (nSPS) is 11.5. The van der Waals surface area contributed by atoms with Crippen molar-refractivity contribution in [2.24, 2.45) is 0 Å². The summed E-state index contributed by atoms with van der Waals surface area (Å²) in [6, 6.07) is 17.1. The zero-order valence-corrected chi connectivity index (χ0v) is 16.6. The summed E-state index contributed by atoms with van der Waals surface area (Å²) >= 11 is 0. The molecule has 1 N–H and O–H groups in total. The van der Waals surface area contributed by atoms with Crippen molar-refractivity contribution in [2.75, 3.05) is 7.11 Å². The van der Waals surface area contributed by atoms with Crippen molar-refractivity contribution >= 4 is 17.7 Å². The first-order chi connectivity index (χ1) is 14.9. The van der Waals surface area contributed by atoms with Crippen LogP contribution in [0.3, 0.4) is 0 Å². The Kier molecular flexibility index (Phi) is 6.87. The zero-order chi connectivity index (χ0) is 22.4. The van der Waals surface area contributed by atoms with E-state index in [1.807, 2.05) is 6.07 Å². The average Bonchev–Trinajstić information content (AvgIpc) is 2.80. The highest BCUT2D eigenvalue weighted by atomic mass is 19.2. The van der Waals surface area contributed by atoms with Crippen molar-refractivity contribution in [2.45, 2.75) is 12.5 Å². The average molecular weight is 423 g/mol. The van der Waals surface area contributed by atoms with E-state index in [1.165, 1.54) is 7.11 Å². The number of carbonyl (C=O) groups excluding carboxylic acids is 3. The van der Waals surface area contributed by atoms with Crippen LogP contribution in [0.25, 0.3) is 0 Å². The van der Waals surface area contributed by atoms with Gasteiger partial charge in [-0.25, -0.2) is 13.6 Å². The van der Waals surface area contributed by atoms with E-state index in [-0.39, 0.29) is 17.8 Å². The fraction of sp³-hybridized carbons (Fsp3) is 0.125. The van der Waals surface area contributed by atoms with Gasteiger partial charge in [0.2, 0.25) is 0 Å². The van der Waals surface area contributed by atoms with Gasteiger partial charge in [0.15, 0.2) is 17.4 Å². The van der Waals surface area contributed by atoms with E-state index in [1.54, 1.807) is 48.5 Å². The van der Waals surface area contributed by atoms with Gasteiger partial charge in [0, 0.05) is 23.1 Å². The van der Waals surface area contributed by atoms with Crippen LogP contribution in [-0.4, -0.2) is 30.8 Å². The van der Waals surface area contributed by atoms with Crippen LogP contribution in [0.2, 0.25) is 0 Å². The Bertz CT molecular complexity index is 1100. The van der Waals surface area contributed by atoms with E-state index in [0.717, 1.165) is 18.2 Å². The molecule has 1 amide bonds. The van der Waals surface area contributed by atoms with Gasteiger partial charge >= 0.3 is 5.97 Å². The van der Waals surface area contributed by atoms with Gasteiger partial charge in [-0.2, -0.15) is 0 Å². The smallest absolute Gasteiger partial charge is 0.328 e. The van der Waals surface area contributed by atoms with Gasteiger partial charge in [-0.15, -0.1) is 0 Å². The number of nitrogens with one attached hydrogen (secondary N) is 1. The fourth-order valence-corrected chi connectivity index (χ4v) is 3.00. The first-order valence-electron chi connectivity index (χ1n) is 9.41. The number of amides is 1. The van der Waals surface area contributed by atoms with Gasteiger partial charge in [0.25, 0.3) is 5.91 Å². The van der Waals surface area contributed by atoms with Crippen molar-refractivity contribution in [3.05, 3.63) is 107 Å². The molecule has 0 unspecified atom stereocenters. The number of hydrogen-bond donors (Lipinski definition) is 1. The molecule has 0 saturated carbocycles. The Hall–Kier alpha value is -3.87. The monoisotopic (exact) mass is 423 g/mol. The number of carbonyl (C=O) groups is 3. The number of ketones is 1. The van der Waals surface area contributed by atoms with Crippen molar-refractivity contribution in [1.82, 2.24) is 5.32 Å². The van der Waals surface area contributed by atoms with E-state index >= 15 is 0 Å². The lowest BCUT2D eigenvalue weighted by molar-refractivity contribution is -0.142. The summed E-state index contributed by atoms with van der Waals surface area (Å²) in [7, 11) is 1.18. The quantitative estimate of drug-likeness (QED) is 0.465. The summed E-state index contributed by atoms with van der Waals surface area (Å²) in [5.74, 6) is -3.82. The molecule has 0 aliphatic rings. The second kappa shape index (κ2) is 9.75. The fourth-order valence-electron chi connectivity index (χ4n) is 3.00. The summed E-state index contributed by atoms with van der Waals surface area (Å²) < 4.78 is 31.2. The number of methoxy groups -OCH3 is 1. The third kappa shape index (κ3) is 5.39. The van der Waals surface area contributed by atoms with E-state index in [2.05, 4.69) is 5.32 Å². The van der Waals surface area contributed by atoms with Crippen molar-refractivity contribution < 1.29 is 27.9 Å². The first-order valence-corrected chi connectivity index (χ1v) is 9.41. The molecule has 3 aromatic rings. The lowest BCUT2D eigenvalue weighted by atomic mass is 9.99. The maximum Gasteiger partial charge on any atom is 0.328 e. The second-order valence-corrected chi connectivity index (χ2v) is 6.77. The van der Waals surface area contributed by atoms with Crippen LogP contribution >= 0.6 is 0 Å². The molecule has 0 radical (unpaired) electrons. The van der Waals surface area contributed by atoms with Gasteiger partial charge < -0.3 is 10.1 Å². The molecule has 5 nitrogen and oxygen atoms in total. The standard InChI is InChI=1S/C24H19F2NO4/c1-31-24(30)21(27-23(29)18-11-12-19(25)20(26)14-18)13-15-7-9-17(10-8-15)22(28)16-5-3-2-4-6-16/h2-12,14,21H,13H2,1H3,(H,27,29)/t21-/m0/s1. The first kappa shape index (κ1) is 21.8. The number of benzene rings is 3. The van der Waals surface area contributed by atoms with Gasteiger partial charge in [0.05, 0.1) is 7.11 Å². The van der Waals surface area contributed by atoms with Crippen LogP contribution in [0.5, 0.6) is 0 Å². The molecular weight excluding hydrogens is 404 g/mol. The Morgan fingerprint density at radius 1 is 0.839 bits per heavy atom. The Labute approximate surface area is 177 Å². The van der Waals surface area contributed by atoms with Crippen LogP contribution in [0.4, 0.5) is 8.78 Å². The van der Waals surface area contributed by atoms with Crippen molar-refractivity contribution in [3.8, 4) is 0 Å². The number of esters is 1. The van der Waals surface area contributed by atoms with Crippen LogP contribution in [-0.2, 0) is 16.0 Å². The number of ether oxygens (including phenoxy) is 1. The molecule has 3 aromatic carbocycles. The topological polar surface area (TPSA) is 72.5 Å². The Balaban J connectivity index is 1.73. The van der Waals surface area contributed by atoms with Crippen molar-refractivity contribution in [1.29, 1.82) is 0 Å². The molecule has 0 heterocycles. The molecule has 7 heteroatoms. The largest absolute Gasteiger partial charge is 0.467 e. The molecule has 3 rings (SSSR count).